The SMILES string of the molecule is Cc1cccc(-c2cn3ccc(N4CCOCC4)cc3n2)c1. The van der Waals surface area contributed by atoms with Crippen molar-refractivity contribution < 1.29 is 4.74 Å². The van der Waals surface area contributed by atoms with Crippen LogP contribution >= 0.6 is 0 Å². The second-order valence-electron chi connectivity index (χ2n) is 5.75. The maximum atomic E-state index is 5.42. The number of nitrogens with zero attached hydrogens (tertiary/aromatic N) is 3. The van der Waals surface area contributed by atoms with Crippen molar-refractivity contribution in [3.05, 3.63) is 54.4 Å². The highest BCUT2D eigenvalue weighted by atomic mass is 16.5. The van der Waals surface area contributed by atoms with Crippen molar-refractivity contribution in [1.82, 2.24) is 9.38 Å². The van der Waals surface area contributed by atoms with Gasteiger partial charge in [-0.05, 0) is 19.1 Å². The summed E-state index contributed by atoms with van der Waals surface area (Å²) in [6.07, 6.45) is 4.18. The van der Waals surface area contributed by atoms with Crippen LogP contribution in [0.4, 0.5) is 5.69 Å². The highest BCUT2D eigenvalue weighted by Gasteiger charge is 2.12. The summed E-state index contributed by atoms with van der Waals surface area (Å²) in [5.41, 5.74) is 5.64. The van der Waals surface area contributed by atoms with Gasteiger partial charge in [-0.1, -0.05) is 23.8 Å². The van der Waals surface area contributed by atoms with E-state index in [1.807, 2.05) is 0 Å². The van der Waals surface area contributed by atoms with Crippen LogP contribution in [-0.2, 0) is 4.74 Å². The second kappa shape index (κ2) is 5.46. The first kappa shape index (κ1) is 13.3. The predicted octanol–water partition coefficient (Wildman–Crippen LogP) is 3.15. The Labute approximate surface area is 130 Å². The van der Waals surface area contributed by atoms with Gasteiger partial charge in [0.2, 0.25) is 0 Å². The molecule has 1 saturated heterocycles. The standard InChI is InChI=1S/C18H19N3O/c1-14-3-2-4-15(11-14)17-13-21-6-5-16(12-18(21)19-17)20-7-9-22-10-8-20/h2-6,11-13H,7-10H2,1H3. The van der Waals surface area contributed by atoms with Gasteiger partial charge in [-0.3, -0.25) is 0 Å². The summed E-state index contributed by atoms with van der Waals surface area (Å²) in [5.74, 6) is 0. The van der Waals surface area contributed by atoms with Crippen molar-refractivity contribution in [2.45, 2.75) is 6.92 Å². The lowest BCUT2D eigenvalue weighted by atomic mass is 10.1. The van der Waals surface area contributed by atoms with Crippen molar-refractivity contribution in [3.63, 3.8) is 0 Å². The molecule has 0 bridgehead atoms. The van der Waals surface area contributed by atoms with Crippen LogP contribution in [0, 0.1) is 6.92 Å². The first-order valence-electron chi connectivity index (χ1n) is 7.68. The fourth-order valence-corrected chi connectivity index (χ4v) is 2.93. The summed E-state index contributed by atoms with van der Waals surface area (Å²) >= 11 is 0. The van der Waals surface area contributed by atoms with E-state index >= 15 is 0 Å². The van der Waals surface area contributed by atoms with Crippen LogP contribution in [0.3, 0.4) is 0 Å². The first-order valence-corrected chi connectivity index (χ1v) is 7.68. The van der Waals surface area contributed by atoms with Gasteiger partial charge in [0.25, 0.3) is 0 Å². The number of rotatable bonds is 2. The number of fused-ring (bicyclic) bond motifs is 1. The van der Waals surface area contributed by atoms with E-state index < -0.39 is 0 Å². The monoisotopic (exact) mass is 293 g/mol. The number of benzene rings is 1. The van der Waals surface area contributed by atoms with Gasteiger partial charge in [-0.2, -0.15) is 0 Å². The topological polar surface area (TPSA) is 29.8 Å². The largest absolute Gasteiger partial charge is 0.378 e. The lowest BCUT2D eigenvalue weighted by molar-refractivity contribution is 0.122. The number of pyridine rings is 1. The summed E-state index contributed by atoms with van der Waals surface area (Å²) in [6.45, 7) is 5.60. The Morgan fingerprint density at radius 2 is 1.95 bits per heavy atom. The number of aromatic nitrogens is 2. The molecule has 1 aliphatic heterocycles. The third kappa shape index (κ3) is 2.46. The van der Waals surface area contributed by atoms with E-state index in [9.17, 15) is 0 Å². The lowest BCUT2D eigenvalue weighted by Crippen LogP contribution is -2.36. The minimum absolute atomic E-state index is 0.800. The van der Waals surface area contributed by atoms with E-state index in [-0.39, 0.29) is 0 Å². The molecule has 22 heavy (non-hydrogen) atoms. The van der Waals surface area contributed by atoms with Gasteiger partial charge in [-0.15, -0.1) is 0 Å². The van der Waals surface area contributed by atoms with E-state index in [4.69, 9.17) is 9.72 Å². The number of imidazole rings is 1. The summed E-state index contributed by atoms with van der Waals surface area (Å²) in [6, 6.07) is 12.8. The average molecular weight is 293 g/mol. The predicted molar refractivity (Wildman–Crippen MR) is 88.4 cm³/mol. The third-order valence-corrected chi connectivity index (χ3v) is 4.13. The maximum absolute atomic E-state index is 5.42. The smallest absolute Gasteiger partial charge is 0.139 e. The minimum Gasteiger partial charge on any atom is -0.378 e. The molecule has 0 amide bonds. The van der Waals surface area contributed by atoms with Gasteiger partial charge in [0, 0.05) is 42.8 Å². The number of anilines is 1. The Bertz CT molecular complexity index is 803. The summed E-state index contributed by atoms with van der Waals surface area (Å²) < 4.78 is 7.50. The van der Waals surface area contributed by atoms with Crippen molar-refractivity contribution in [3.8, 4) is 11.3 Å². The summed E-state index contributed by atoms with van der Waals surface area (Å²) in [7, 11) is 0. The molecule has 0 N–H and O–H groups in total. The zero-order valence-corrected chi connectivity index (χ0v) is 12.7. The average Bonchev–Trinajstić information content (AvgIpc) is 2.99. The highest BCUT2D eigenvalue weighted by Crippen LogP contribution is 2.23. The fraction of sp³-hybridized carbons (Fsp3) is 0.278. The zero-order chi connectivity index (χ0) is 14.9. The number of aryl methyl sites for hydroxylation is 1. The van der Waals surface area contributed by atoms with Gasteiger partial charge in [0.05, 0.1) is 18.9 Å². The Morgan fingerprint density at radius 3 is 2.77 bits per heavy atom. The lowest BCUT2D eigenvalue weighted by Gasteiger charge is -2.28. The molecule has 2 aromatic heterocycles. The Kier molecular flexibility index (Phi) is 3.31. The molecule has 0 aliphatic carbocycles. The first-order chi connectivity index (χ1) is 10.8. The summed E-state index contributed by atoms with van der Waals surface area (Å²) in [4.78, 5) is 7.14. The van der Waals surface area contributed by atoms with Crippen LogP contribution in [0.2, 0.25) is 0 Å². The third-order valence-electron chi connectivity index (χ3n) is 4.13. The number of hydrogen-bond donors (Lipinski definition) is 0. The van der Waals surface area contributed by atoms with Crippen molar-refractivity contribution >= 4 is 11.3 Å². The van der Waals surface area contributed by atoms with Crippen LogP contribution in [-0.4, -0.2) is 35.7 Å². The van der Waals surface area contributed by atoms with Gasteiger partial charge >= 0.3 is 0 Å². The summed E-state index contributed by atoms with van der Waals surface area (Å²) in [5, 5.41) is 0. The van der Waals surface area contributed by atoms with Gasteiger partial charge < -0.3 is 14.0 Å². The number of hydrogen-bond acceptors (Lipinski definition) is 3. The molecule has 112 valence electrons. The molecule has 1 fully saturated rings. The van der Waals surface area contributed by atoms with Crippen molar-refractivity contribution in [2.24, 2.45) is 0 Å². The Balaban J connectivity index is 1.71. The molecule has 4 heteroatoms. The van der Waals surface area contributed by atoms with Gasteiger partial charge in [-0.25, -0.2) is 4.98 Å². The van der Waals surface area contributed by atoms with Crippen LogP contribution < -0.4 is 4.90 Å². The molecule has 0 saturated carbocycles. The molecule has 3 aromatic rings. The van der Waals surface area contributed by atoms with Crippen LogP contribution in [0.25, 0.3) is 16.9 Å². The van der Waals surface area contributed by atoms with Gasteiger partial charge in [0.1, 0.15) is 5.65 Å². The molecule has 3 heterocycles. The van der Waals surface area contributed by atoms with Crippen LogP contribution in [0.5, 0.6) is 0 Å². The van der Waals surface area contributed by atoms with E-state index in [2.05, 4.69) is 65.0 Å². The normalized spacial score (nSPS) is 15.4. The number of ether oxygens (including phenoxy) is 1. The zero-order valence-electron chi connectivity index (χ0n) is 12.7. The quantitative estimate of drug-likeness (QED) is 0.727. The van der Waals surface area contributed by atoms with E-state index in [0.29, 0.717) is 0 Å². The highest BCUT2D eigenvalue weighted by molar-refractivity contribution is 5.66. The molecule has 1 aromatic carbocycles. The van der Waals surface area contributed by atoms with Crippen LogP contribution in [0.1, 0.15) is 5.56 Å². The molecular weight excluding hydrogens is 274 g/mol. The Hall–Kier alpha value is -2.33. The Morgan fingerprint density at radius 1 is 1.09 bits per heavy atom. The molecule has 4 rings (SSSR count). The second-order valence-corrected chi connectivity index (χ2v) is 5.75. The van der Waals surface area contributed by atoms with Crippen LogP contribution in [0.15, 0.2) is 48.8 Å². The van der Waals surface area contributed by atoms with E-state index in [0.717, 1.165) is 43.2 Å². The maximum Gasteiger partial charge on any atom is 0.139 e. The molecule has 0 spiro atoms. The molecule has 0 atom stereocenters. The minimum atomic E-state index is 0.800. The molecule has 1 aliphatic rings. The van der Waals surface area contributed by atoms with Crippen molar-refractivity contribution in [1.29, 1.82) is 0 Å². The van der Waals surface area contributed by atoms with E-state index in [1.54, 1.807) is 0 Å². The molecular formula is C18H19N3O. The van der Waals surface area contributed by atoms with E-state index in [1.165, 1.54) is 11.3 Å². The number of morpholine rings is 1. The fourth-order valence-electron chi connectivity index (χ4n) is 2.93. The van der Waals surface area contributed by atoms with Crippen molar-refractivity contribution in [2.75, 3.05) is 31.2 Å². The molecule has 0 radical (unpaired) electrons. The molecule has 0 unspecified atom stereocenters. The van der Waals surface area contributed by atoms with Gasteiger partial charge in [0.15, 0.2) is 0 Å². The molecule has 4 nitrogen and oxygen atoms in total.